The molecule has 1 saturated carbocycles. The molecule has 11 heavy (non-hydrogen) atoms. The first kappa shape index (κ1) is 7.53. The van der Waals surface area contributed by atoms with Crippen molar-refractivity contribution in [1.29, 1.82) is 0 Å². The van der Waals surface area contributed by atoms with E-state index in [0.717, 1.165) is 19.1 Å². The molecular formula is C8H17N3. The van der Waals surface area contributed by atoms with Crippen LogP contribution in [0, 0.1) is 0 Å². The van der Waals surface area contributed by atoms with Crippen molar-refractivity contribution in [3.05, 3.63) is 0 Å². The van der Waals surface area contributed by atoms with Gasteiger partial charge in [0.15, 0.2) is 0 Å². The Balaban J connectivity index is 1.77. The average Bonchev–Trinajstić information content (AvgIpc) is 1.90. The summed E-state index contributed by atoms with van der Waals surface area (Å²) in [6.45, 7) is 4.47. The number of hydrazine groups is 1. The number of hydrogen-bond acceptors (Lipinski definition) is 3. The molecule has 0 atom stereocenters. The summed E-state index contributed by atoms with van der Waals surface area (Å²) < 4.78 is 0. The van der Waals surface area contributed by atoms with Crippen LogP contribution in [0.2, 0.25) is 0 Å². The van der Waals surface area contributed by atoms with Crippen LogP contribution in [0.25, 0.3) is 0 Å². The fourth-order valence-electron chi connectivity index (χ4n) is 1.85. The first-order valence-corrected chi connectivity index (χ1v) is 4.60. The van der Waals surface area contributed by atoms with Crippen molar-refractivity contribution in [2.45, 2.75) is 25.3 Å². The van der Waals surface area contributed by atoms with Crippen molar-refractivity contribution in [3.8, 4) is 0 Å². The third-order valence-electron chi connectivity index (χ3n) is 2.94. The van der Waals surface area contributed by atoms with Crippen LogP contribution in [-0.2, 0) is 0 Å². The van der Waals surface area contributed by atoms with E-state index in [0.29, 0.717) is 0 Å². The Kier molecular flexibility index (Phi) is 2.11. The van der Waals surface area contributed by atoms with Crippen LogP contribution in [-0.4, -0.2) is 42.1 Å². The topological polar surface area (TPSA) is 32.5 Å². The van der Waals surface area contributed by atoms with Gasteiger partial charge in [-0.2, -0.15) is 0 Å². The molecule has 3 nitrogen and oxygen atoms in total. The maximum atomic E-state index is 5.66. The molecule has 2 N–H and O–H groups in total. The monoisotopic (exact) mass is 155 g/mol. The molecule has 0 bridgehead atoms. The van der Waals surface area contributed by atoms with Crippen molar-refractivity contribution in [3.63, 3.8) is 0 Å². The lowest BCUT2D eigenvalue weighted by atomic mass is 9.91. The first-order chi connectivity index (χ1) is 5.36. The molecule has 0 spiro atoms. The fraction of sp³-hybridized carbons (Fsp3) is 1.00. The lowest BCUT2D eigenvalue weighted by Gasteiger charge is -2.41. The van der Waals surface area contributed by atoms with Crippen molar-refractivity contribution >= 4 is 0 Å². The summed E-state index contributed by atoms with van der Waals surface area (Å²) in [5.74, 6) is 5.66. The Labute approximate surface area is 68.1 Å². The summed E-state index contributed by atoms with van der Waals surface area (Å²) in [7, 11) is 0. The normalized spacial score (nSPS) is 30.3. The van der Waals surface area contributed by atoms with Crippen LogP contribution >= 0.6 is 0 Å². The van der Waals surface area contributed by atoms with Gasteiger partial charge in [0.25, 0.3) is 0 Å². The number of nitrogens with zero attached hydrogens (tertiary/aromatic N) is 2. The Morgan fingerprint density at radius 1 is 1.00 bits per heavy atom. The van der Waals surface area contributed by atoms with E-state index in [1.807, 2.05) is 5.01 Å². The summed E-state index contributed by atoms with van der Waals surface area (Å²) in [5.41, 5.74) is 0. The van der Waals surface area contributed by atoms with Crippen molar-refractivity contribution in [2.75, 3.05) is 26.2 Å². The van der Waals surface area contributed by atoms with E-state index in [4.69, 9.17) is 5.84 Å². The molecule has 0 aromatic carbocycles. The Morgan fingerprint density at radius 3 is 2.09 bits per heavy atom. The highest BCUT2D eigenvalue weighted by Crippen LogP contribution is 2.24. The third kappa shape index (κ3) is 1.55. The zero-order chi connectivity index (χ0) is 7.68. The summed E-state index contributed by atoms with van der Waals surface area (Å²) >= 11 is 0. The van der Waals surface area contributed by atoms with Gasteiger partial charge in [-0.25, -0.2) is 5.01 Å². The molecule has 0 unspecified atom stereocenters. The SMILES string of the molecule is NN1CCN(C2CCC2)CC1. The van der Waals surface area contributed by atoms with E-state index >= 15 is 0 Å². The van der Waals surface area contributed by atoms with Gasteiger partial charge in [0, 0.05) is 32.2 Å². The van der Waals surface area contributed by atoms with Gasteiger partial charge in [0.05, 0.1) is 0 Å². The van der Waals surface area contributed by atoms with Crippen molar-refractivity contribution in [2.24, 2.45) is 5.84 Å². The number of nitrogens with two attached hydrogens (primary N) is 1. The summed E-state index contributed by atoms with van der Waals surface area (Å²) in [5, 5.41) is 1.93. The molecule has 0 amide bonds. The highest BCUT2D eigenvalue weighted by atomic mass is 15.4. The minimum atomic E-state index is 0.906. The molecule has 64 valence electrons. The van der Waals surface area contributed by atoms with E-state index < -0.39 is 0 Å². The van der Waals surface area contributed by atoms with Gasteiger partial charge in [0.2, 0.25) is 0 Å². The maximum absolute atomic E-state index is 5.66. The minimum Gasteiger partial charge on any atom is -0.298 e. The lowest BCUT2D eigenvalue weighted by molar-refractivity contribution is 0.0619. The van der Waals surface area contributed by atoms with E-state index in [1.165, 1.54) is 32.4 Å². The van der Waals surface area contributed by atoms with Crippen LogP contribution in [0.3, 0.4) is 0 Å². The Hall–Kier alpha value is -0.120. The third-order valence-corrected chi connectivity index (χ3v) is 2.94. The second-order valence-electron chi connectivity index (χ2n) is 3.66. The van der Waals surface area contributed by atoms with Gasteiger partial charge in [-0.05, 0) is 12.8 Å². The zero-order valence-corrected chi connectivity index (χ0v) is 7.00. The fourth-order valence-corrected chi connectivity index (χ4v) is 1.85. The van der Waals surface area contributed by atoms with Crippen LogP contribution in [0.5, 0.6) is 0 Å². The molecule has 1 saturated heterocycles. The average molecular weight is 155 g/mol. The quantitative estimate of drug-likeness (QED) is 0.542. The minimum absolute atomic E-state index is 0.906. The zero-order valence-electron chi connectivity index (χ0n) is 7.00. The largest absolute Gasteiger partial charge is 0.298 e. The second-order valence-corrected chi connectivity index (χ2v) is 3.66. The highest BCUT2D eigenvalue weighted by molar-refractivity contribution is 4.82. The van der Waals surface area contributed by atoms with Crippen molar-refractivity contribution in [1.82, 2.24) is 9.91 Å². The van der Waals surface area contributed by atoms with Gasteiger partial charge < -0.3 is 0 Å². The number of rotatable bonds is 1. The predicted octanol–water partition coefficient (Wildman–Crippen LogP) is 0.0302. The van der Waals surface area contributed by atoms with Gasteiger partial charge in [-0.3, -0.25) is 10.7 Å². The lowest BCUT2D eigenvalue weighted by Crippen LogP contribution is -2.54. The molecule has 0 aromatic rings. The van der Waals surface area contributed by atoms with Crippen LogP contribution in [0.15, 0.2) is 0 Å². The number of piperazine rings is 1. The molecule has 1 heterocycles. The molecule has 1 aliphatic heterocycles. The Bertz CT molecular complexity index is 125. The summed E-state index contributed by atoms with van der Waals surface area (Å²) in [6.07, 6.45) is 4.28. The standard InChI is InChI=1S/C8H17N3/c9-11-6-4-10(5-7-11)8-2-1-3-8/h8H,1-7,9H2. The van der Waals surface area contributed by atoms with Crippen LogP contribution in [0.4, 0.5) is 0 Å². The maximum Gasteiger partial charge on any atom is 0.0257 e. The first-order valence-electron chi connectivity index (χ1n) is 4.60. The van der Waals surface area contributed by atoms with Crippen molar-refractivity contribution < 1.29 is 0 Å². The summed E-state index contributed by atoms with van der Waals surface area (Å²) in [6, 6.07) is 0.906. The van der Waals surface area contributed by atoms with Gasteiger partial charge in [-0.1, -0.05) is 6.42 Å². The van der Waals surface area contributed by atoms with E-state index in [9.17, 15) is 0 Å². The van der Waals surface area contributed by atoms with Crippen LogP contribution < -0.4 is 5.84 Å². The smallest absolute Gasteiger partial charge is 0.0257 e. The summed E-state index contributed by atoms with van der Waals surface area (Å²) in [4.78, 5) is 2.59. The van der Waals surface area contributed by atoms with E-state index in [2.05, 4.69) is 4.90 Å². The van der Waals surface area contributed by atoms with Gasteiger partial charge in [-0.15, -0.1) is 0 Å². The predicted molar refractivity (Wildman–Crippen MR) is 45.0 cm³/mol. The molecule has 2 rings (SSSR count). The molecular weight excluding hydrogens is 138 g/mol. The molecule has 0 aromatic heterocycles. The van der Waals surface area contributed by atoms with Gasteiger partial charge >= 0.3 is 0 Å². The number of hydrogen-bond donors (Lipinski definition) is 1. The van der Waals surface area contributed by atoms with Crippen LogP contribution in [0.1, 0.15) is 19.3 Å². The molecule has 2 fully saturated rings. The Morgan fingerprint density at radius 2 is 1.64 bits per heavy atom. The molecule has 0 radical (unpaired) electrons. The highest BCUT2D eigenvalue weighted by Gasteiger charge is 2.26. The molecule has 1 aliphatic carbocycles. The molecule has 3 heteroatoms. The van der Waals surface area contributed by atoms with E-state index in [1.54, 1.807) is 0 Å². The van der Waals surface area contributed by atoms with Gasteiger partial charge in [0.1, 0.15) is 0 Å². The second kappa shape index (κ2) is 3.09. The molecule has 2 aliphatic rings. The van der Waals surface area contributed by atoms with E-state index in [-0.39, 0.29) is 0 Å².